The molecule has 0 unspecified atom stereocenters. The molecule has 11 heteroatoms. The van der Waals surface area contributed by atoms with Crippen LogP contribution in [0.5, 0.6) is 5.75 Å². The second kappa shape index (κ2) is 10.4. The highest BCUT2D eigenvalue weighted by Crippen LogP contribution is 2.31. The van der Waals surface area contributed by atoms with Crippen molar-refractivity contribution in [3.05, 3.63) is 100 Å². The first-order valence-electron chi connectivity index (χ1n) is 8.90. The van der Waals surface area contributed by atoms with Crippen LogP contribution in [0.15, 0.2) is 72.8 Å². The normalized spacial score (nSPS) is 11.2. The van der Waals surface area contributed by atoms with Crippen molar-refractivity contribution < 1.29 is 40.7 Å². The van der Waals surface area contributed by atoms with Crippen LogP contribution in [0.1, 0.15) is 31.8 Å². The molecule has 174 valence electrons. The number of nitrogens with two attached hydrogens (primary N) is 1. The fourth-order valence-electron chi connectivity index (χ4n) is 2.41. The predicted molar refractivity (Wildman–Crippen MR) is 108 cm³/mol. The molecule has 0 radical (unpaired) electrons. The molecule has 3 aromatic carbocycles. The molecule has 0 saturated heterocycles. The first kappa shape index (κ1) is 25.7. The van der Waals surface area contributed by atoms with Crippen LogP contribution in [-0.2, 0) is 12.4 Å². The van der Waals surface area contributed by atoms with Crippen molar-refractivity contribution in [2.75, 3.05) is 0 Å². The number of carbonyl (C=O) groups excluding carboxylic acids is 2. The summed E-state index contributed by atoms with van der Waals surface area (Å²) >= 11 is 5.68. The Bertz CT molecular complexity index is 1110. The van der Waals surface area contributed by atoms with Gasteiger partial charge in [0, 0.05) is 5.02 Å². The van der Waals surface area contributed by atoms with E-state index in [9.17, 15) is 35.9 Å². The number of rotatable bonds is 3. The van der Waals surface area contributed by atoms with Crippen molar-refractivity contribution >= 4 is 23.5 Å². The number of carbonyl (C=O) groups is 2. The van der Waals surface area contributed by atoms with Crippen molar-refractivity contribution in [3.8, 4) is 5.75 Å². The summed E-state index contributed by atoms with van der Waals surface area (Å²) in [5.74, 6) is -1.55. The third kappa shape index (κ3) is 7.53. The number of alkyl halides is 6. The zero-order valence-electron chi connectivity index (χ0n) is 16.4. The molecule has 0 atom stereocenters. The zero-order valence-corrected chi connectivity index (χ0v) is 17.1. The van der Waals surface area contributed by atoms with Gasteiger partial charge in [0.2, 0.25) is 5.91 Å². The number of primary amides is 1. The van der Waals surface area contributed by atoms with Crippen LogP contribution >= 0.6 is 11.6 Å². The summed E-state index contributed by atoms with van der Waals surface area (Å²) in [6.45, 7) is 0. The van der Waals surface area contributed by atoms with Crippen molar-refractivity contribution in [1.29, 1.82) is 0 Å². The molecule has 3 rings (SSSR count). The highest BCUT2D eigenvalue weighted by molar-refractivity contribution is 6.30. The number of benzene rings is 3. The number of ether oxygens (including phenoxy) is 1. The summed E-state index contributed by atoms with van der Waals surface area (Å²) in [5, 5.41) is 0.485. The average molecular weight is 490 g/mol. The fraction of sp³-hybridized carbons (Fsp3) is 0.0909. The third-order valence-electron chi connectivity index (χ3n) is 3.97. The number of amides is 1. The smallest absolute Gasteiger partial charge is 0.417 e. The second-order valence-electron chi connectivity index (χ2n) is 6.33. The predicted octanol–water partition coefficient (Wildman–Crippen LogP) is 6.38. The largest absolute Gasteiger partial charge is 0.423 e. The molecule has 3 aromatic rings. The van der Waals surface area contributed by atoms with Crippen LogP contribution < -0.4 is 10.5 Å². The van der Waals surface area contributed by atoms with E-state index in [-0.39, 0.29) is 11.3 Å². The van der Waals surface area contributed by atoms with Gasteiger partial charge in [-0.3, -0.25) is 4.79 Å². The Hall–Kier alpha value is -3.53. The summed E-state index contributed by atoms with van der Waals surface area (Å²) in [4.78, 5) is 22.3. The highest BCUT2D eigenvalue weighted by atomic mass is 35.5. The highest BCUT2D eigenvalue weighted by Gasteiger charge is 2.34. The van der Waals surface area contributed by atoms with E-state index in [1.807, 2.05) is 0 Å². The standard InChI is InChI=1S/C14H8ClF3O2.C8H6F3NO/c15-11-5-7-12(8-6-11)20-13(19)9-1-3-10(4-2-9)14(16,17)18;9-8(10,11)6-4-2-1-3-5(6)7(12)13/h1-8H;1-4H,(H2,12,13). The van der Waals surface area contributed by atoms with E-state index in [2.05, 4.69) is 0 Å². The molecule has 2 N–H and O–H groups in total. The van der Waals surface area contributed by atoms with Gasteiger partial charge in [0.05, 0.1) is 22.3 Å². The maximum Gasteiger partial charge on any atom is 0.417 e. The fourth-order valence-corrected chi connectivity index (χ4v) is 2.54. The van der Waals surface area contributed by atoms with Crippen molar-refractivity contribution in [3.63, 3.8) is 0 Å². The van der Waals surface area contributed by atoms with Gasteiger partial charge in [0.15, 0.2) is 0 Å². The molecule has 0 fully saturated rings. The molecule has 0 aliphatic carbocycles. The van der Waals surface area contributed by atoms with Gasteiger partial charge in [-0.05, 0) is 60.7 Å². The maximum absolute atomic E-state index is 12.4. The molecule has 0 bridgehead atoms. The van der Waals surface area contributed by atoms with E-state index in [0.29, 0.717) is 5.02 Å². The van der Waals surface area contributed by atoms with E-state index in [1.54, 1.807) is 0 Å². The number of esters is 1. The molecule has 0 spiro atoms. The van der Waals surface area contributed by atoms with Crippen molar-refractivity contribution in [1.82, 2.24) is 0 Å². The van der Waals surface area contributed by atoms with Crippen LogP contribution in [0.3, 0.4) is 0 Å². The number of hydrogen-bond acceptors (Lipinski definition) is 3. The summed E-state index contributed by atoms with van der Waals surface area (Å²) in [6.07, 6.45) is -8.97. The van der Waals surface area contributed by atoms with Crippen LogP contribution in [0.25, 0.3) is 0 Å². The summed E-state index contributed by atoms with van der Waals surface area (Å²) in [6, 6.07) is 14.3. The average Bonchev–Trinajstić information content (AvgIpc) is 2.74. The lowest BCUT2D eigenvalue weighted by molar-refractivity contribution is -0.138. The Labute approximate surface area is 188 Å². The molecular formula is C22H14ClF6NO3. The van der Waals surface area contributed by atoms with Crippen LogP contribution in [0.4, 0.5) is 26.3 Å². The Morgan fingerprint density at radius 3 is 1.76 bits per heavy atom. The molecule has 33 heavy (non-hydrogen) atoms. The van der Waals surface area contributed by atoms with Crippen molar-refractivity contribution in [2.45, 2.75) is 12.4 Å². The molecule has 1 amide bonds. The minimum atomic E-state index is -4.54. The summed E-state index contributed by atoms with van der Waals surface area (Å²) in [5.41, 5.74) is 2.49. The van der Waals surface area contributed by atoms with E-state index in [4.69, 9.17) is 22.1 Å². The minimum Gasteiger partial charge on any atom is -0.423 e. The van der Waals surface area contributed by atoms with Crippen molar-refractivity contribution in [2.24, 2.45) is 5.73 Å². The van der Waals surface area contributed by atoms with E-state index < -0.39 is 40.9 Å². The Morgan fingerprint density at radius 1 is 0.758 bits per heavy atom. The van der Waals surface area contributed by atoms with Gasteiger partial charge in [0.1, 0.15) is 5.75 Å². The quantitative estimate of drug-likeness (QED) is 0.263. The second-order valence-corrected chi connectivity index (χ2v) is 6.76. The van der Waals surface area contributed by atoms with Crippen LogP contribution in [-0.4, -0.2) is 11.9 Å². The van der Waals surface area contributed by atoms with Gasteiger partial charge in [-0.25, -0.2) is 4.79 Å². The summed E-state index contributed by atoms with van der Waals surface area (Å²) in [7, 11) is 0. The number of halogens is 7. The SMILES string of the molecule is NC(=O)c1ccccc1C(F)(F)F.O=C(Oc1ccc(Cl)cc1)c1ccc(C(F)(F)F)cc1. The minimum absolute atomic E-state index is 0.0351. The Kier molecular flexibility index (Phi) is 8.10. The van der Waals surface area contributed by atoms with Gasteiger partial charge in [0.25, 0.3) is 0 Å². The Balaban J connectivity index is 0.000000257. The van der Waals surface area contributed by atoms with E-state index >= 15 is 0 Å². The van der Waals surface area contributed by atoms with Gasteiger partial charge in [-0.15, -0.1) is 0 Å². The van der Waals surface area contributed by atoms with Gasteiger partial charge in [-0.2, -0.15) is 26.3 Å². The topological polar surface area (TPSA) is 69.4 Å². The van der Waals surface area contributed by atoms with Gasteiger partial charge >= 0.3 is 18.3 Å². The maximum atomic E-state index is 12.4. The molecule has 0 aromatic heterocycles. The first-order chi connectivity index (χ1) is 15.3. The summed E-state index contributed by atoms with van der Waals surface area (Å²) < 4.78 is 78.7. The molecule has 0 saturated carbocycles. The third-order valence-corrected chi connectivity index (χ3v) is 4.22. The molecular weight excluding hydrogens is 476 g/mol. The Morgan fingerprint density at radius 2 is 1.30 bits per heavy atom. The van der Waals surface area contributed by atoms with Gasteiger partial charge < -0.3 is 10.5 Å². The monoisotopic (exact) mass is 489 g/mol. The lowest BCUT2D eigenvalue weighted by Crippen LogP contribution is -2.18. The lowest BCUT2D eigenvalue weighted by Gasteiger charge is -2.09. The van der Waals surface area contributed by atoms with Gasteiger partial charge in [-0.1, -0.05) is 23.7 Å². The molecule has 4 nitrogen and oxygen atoms in total. The molecule has 0 heterocycles. The molecule has 0 aliphatic heterocycles. The van der Waals surface area contributed by atoms with E-state index in [0.717, 1.165) is 36.4 Å². The van der Waals surface area contributed by atoms with Crippen LogP contribution in [0, 0.1) is 0 Å². The van der Waals surface area contributed by atoms with E-state index in [1.165, 1.54) is 36.4 Å². The van der Waals surface area contributed by atoms with Crippen LogP contribution in [0.2, 0.25) is 5.02 Å². The lowest BCUT2D eigenvalue weighted by atomic mass is 10.1. The zero-order chi connectivity index (χ0) is 24.8. The first-order valence-corrected chi connectivity index (χ1v) is 9.28. The molecule has 0 aliphatic rings. The number of hydrogen-bond donors (Lipinski definition) is 1.